The number of ether oxygens (including phenoxy) is 1. The number of anilines is 1. The fourth-order valence-electron chi connectivity index (χ4n) is 2.45. The van der Waals surface area contributed by atoms with Crippen molar-refractivity contribution >= 4 is 23.5 Å². The maximum absolute atomic E-state index is 12.4. The summed E-state index contributed by atoms with van der Waals surface area (Å²) in [7, 11) is 1.28. The van der Waals surface area contributed by atoms with Gasteiger partial charge in [0.25, 0.3) is 0 Å². The Kier molecular flexibility index (Phi) is 6.28. The Balaban J connectivity index is 2.14. The van der Waals surface area contributed by atoms with Gasteiger partial charge in [-0.05, 0) is 17.7 Å². The van der Waals surface area contributed by atoms with Gasteiger partial charge in [-0.2, -0.15) is 0 Å². The van der Waals surface area contributed by atoms with Crippen LogP contribution in [0.2, 0.25) is 0 Å². The zero-order chi connectivity index (χ0) is 18.2. The Bertz CT molecular complexity index is 759. The number of para-hydroxylation sites is 1. The molecule has 0 saturated heterocycles. The van der Waals surface area contributed by atoms with Crippen molar-refractivity contribution in [1.29, 1.82) is 0 Å². The monoisotopic (exact) mass is 340 g/mol. The summed E-state index contributed by atoms with van der Waals surface area (Å²) in [4.78, 5) is 35.6. The number of carbonyl (C=O) groups is 3. The molecule has 0 bridgehead atoms. The fraction of sp³-hybridized carbons (Fsp3) is 0.211. The van der Waals surface area contributed by atoms with Gasteiger partial charge in [-0.25, -0.2) is 4.79 Å². The summed E-state index contributed by atoms with van der Waals surface area (Å²) in [5.41, 5.74) is 1.47. The first-order valence-electron chi connectivity index (χ1n) is 7.80. The van der Waals surface area contributed by atoms with Crippen molar-refractivity contribution in [3.8, 4) is 0 Å². The summed E-state index contributed by atoms with van der Waals surface area (Å²) >= 11 is 0. The van der Waals surface area contributed by atoms with Gasteiger partial charge in [0, 0.05) is 6.92 Å². The zero-order valence-corrected chi connectivity index (χ0v) is 14.1. The standard InChI is InChI=1S/C19H20N2O4/c1-13(22)20-17(14-8-4-3-5-9-14)12-18(23)21-16-11-7-6-10-15(16)19(24)25-2/h3-11,17H,12H2,1-2H3,(H,20,22)(H,21,23)/t17-/m1/s1. The van der Waals surface area contributed by atoms with Crippen LogP contribution in [0.1, 0.15) is 35.3 Å². The molecule has 2 N–H and O–H groups in total. The van der Waals surface area contributed by atoms with Crippen LogP contribution in [0.25, 0.3) is 0 Å². The van der Waals surface area contributed by atoms with Crippen molar-refractivity contribution in [1.82, 2.24) is 5.32 Å². The summed E-state index contributed by atoms with van der Waals surface area (Å²) in [5.74, 6) is -1.08. The van der Waals surface area contributed by atoms with Crippen molar-refractivity contribution < 1.29 is 19.1 Å². The van der Waals surface area contributed by atoms with Gasteiger partial charge in [0.15, 0.2) is 0 Å². The van der Waals surface area contributed by atoms with E-state index in [0.717, 1.165) is 5.56 Å². The number of hydrogen-bond acceptors (Lipinski definition) is 4. The van der Waals surface area contributed by atoms with Crippen molar-refractivity contribution in [3.05, 3.63) is 65.7 Å². The molecule has 6 nitrogen and oxygen atoms in total. The summed E-state index contributed by atoms with van der Waals surface area (Å²) in [5, 5.41) is 5.48. The van der Waals surface area contributed by atoms with Crippen LogP contribution in [0.3, 0.4) is 0 Å². The van der Waals surface area contributed by atoms with Crippen LogP contribution in [-0.2, 0) is 14.3 Å². The average Bonchev–Trinajstić information content (AvgIpc) is 2.61. The highest BCUT2D eigenvalue weighted by atomic mass is 16.5. The van der Waals surface area contributed by atoms with Gasteiger partial charge in [0.1, 0.15) is 0 Å². The molecule has 0 saturated carbocycles. The minimum absolute atomic E-state index is 0.0408. The minimum Gasteiger partial charge on any atom is -0.465 e. The molecule has 0 heterocycles. The number of benzene rings is 2. The molecule has 1 atom stereocenters. The first-order valence-corrected chi connectivity index (χ1v) is 7.80. The molecule has 0 aromatic heterocycles. The molecule has 6 heteroatoms. The van der Waals surface area contributed by atoms with E-state index in [-0.39, 0.29) is 23.8 Å². The molecule has 0 aliphatic carbocycles. The summed E-state index contributed by atoms with van der Waals surface area (Å²) in [6.07, 6.45) is 0.0408. The predicted molar refractivity (Wildman–Crippen MR) is 94.0 cm³/mol. The van der Waals surface area contributed by atoms with Gasteiger partial charge >= 0.3 is 5.97 Å². The van der Waals surface area contributed by atoms with Gasteiger partial charge in [0.05, 0.1) is 30.8 Å². The number of rotatable bonds is 6. The van der Waals surface area contributed by atoms with Crippen molar-refractivity contribution in [3.63, 3.8) is 0 Å². The third-order valence-corrected chi connectivity index (χ3v) is 3.58. The number of hydrogen-bond donors (Lipinski definition) is 2. The largest absolute Gasteiger partial charge is 0.465 e. The maximum Gasteiger partial charge on any atom is 0.339 e. The highest BCUT2D eigenvalue weighted by molar-refractivity contribution is 6.01. The van der Waals surface area contributed by atoms with Crippen LogP contribution < -0.4 is 10.6 Å². The van der Waals surface area contributed by atoms with Crippen molar-refractivity contribution in [2.75, 3.05) is 12.4 Å². The number of methoxy groups -OCH3 is 1. The first kappa shape index (κ1) is 18.2. The SMILES string of the molecule is COC(=O)c1ccccc1NC(=O)C[C@@H](NC(C)=O)c1ccccc1. The predicted octanol–water partition coefficient (Wildman–Crippen LogP) is 2.68. The van der Waals surface area contributed by atoms with E-state index < -0.39 is 12.0 Å². The van der Waals surface area contributed by atoms with Gasteiger partial charge in [0.2, 0.25) is 11.8 Å². The second-order valence-corrected chi connectivity index (χ2v) is 5.45. The molecule has 0 spiro atoms. The third-order valence-electron chi connectivity index (χ3n) is 3.58. The van der Waals surface area contributed by atoms with Gasteiger partial charge < -0.3 is 15.4 Å². The smallest absolute Gasteiger partial charge is 0.339 e. The summed E-state index contributed by atoms with van der Waals surface area (Å²) in [6, 6.07) is 15.4. The molecule has 0 radical (unpaired) electrons. The van der Waals surface area contributed by atoms with Crippen molar-refractivity contribution in [2.45, 2.75) is 19.4 Å². The van der Waals surface area contributed by atoms with Crippen LogP contribution in [0.5, 0.6) is 0 Å². The maximum atomic E-state index is 12.4. The highest BCUT2D eigenvalue weighted by Gasteiger charge is 2.19. The molecule has 2 rings (SSSR count). The lowest BCUT2D eigenvalue weighted by molar-refractivity contribution is -0.120. The quantitative estimate of drug-likeness (QED) is 0.792. The molecule has 2 aromatic rings. The molecular formula is C19H20N2O4. The molecule has 25 heavy (non-hydrogen) atoms. The van der Waals surface area contributed by atoms with Crippen LogP contribution in [0, 0.1) is 0 Å². The van der Waals surface area contributed by atoms with Crippen LogP contribution >= 0.6 is 0 Å². The molecular weight excluding hydrogens is 320 g/mol. The van der Waals surface area contributed by atoms with E-state index in [1.807, 2.05) is 30.3 Å². The first-order chi connectivity index (χ1) is 12.0. The zero-order valence-electron chi connectivity index (χ0n) is 14.1. The second kappa shape index (κ2) is 8.63. The normalized spacial score (nSPS) is 11.3. The van der Waals surface area contributed by atoms with Gasteiger partial charge in [-0.1, -0.05) is 42.5 Å². The molecule has 0 aliphatic rings. The number of amides is 2. The lowest BCUT2D eigenvalue weighted by Crippen LogP contribution is -2.30. The number of carbonyl (C=O) groups excluding carboxylic acids is 3. The molecule has 0 fully saturated rings. The van der Waals surface area contributed by atoms with Crippen LogP contribution in [-0.4, -0.2) is 24.9 Å². The fourth-order valence-corrected chi connectivity index (χ4v) is 2.45. The van der Waals surface area contributed by atoms with E-state index in [4.69, 9.17) is 4.74 Å². The lowest BCUT2D eigenvalue weighted by Gasteiger charge is -2.18. The molecule has 0 unspecified atom stereocenters. The number of nitrogens with one attached hydrogen (secondary N) is 2. The van der Waals surface area contributed by atoms with Crippen molar-refractivity contribution in [2.24, 2.45) is 0 Å². The summed E-state index contributed by atoms with van der Waals surface area (Å²) in [6.45, 7) is 1.40. The topological polar surface area (TPSA) is 84.5 Å². The Morgan fingerprint density at radius 2 is 1.64 bits per heavy atom. The summed E-state index contributed by atoms with van der Waals surface area (Å²) < 4.78 is 4.71. The Morgan fingerprint density at radius 3 is 2.28 bits per heavy atom. The molecule has 2 aromatic carbocycles. The highest BCUT2D eigenvalue weighted by Crippen LogP contribution is 2.20. The minimum atomic E-state index is -0.530. The third kappa shape index (κ3) is 5.17. The Hall–Kier alpha value is -3.15. The van der Waals surface area contributed by atoms with E-state index in [1.165, 1.54) is 14.0 Å². The average molecular weight is 340 g/mol. The lowest BCUT2D eigenvalue weighted by atomic mass is 10.0. The van der Waals surface area contributed by atoms with E-state index in [0.29, 0.717) is 5.69 Å². The van der Waals surface area contributed by atoms with Gasteiger partial charge in [-0.3, -0.25) is 9.59 Å². The van der Waals surface area contributed by atoms with E-state index in [1.54, 1.807) is 24.3 Å². The Morgan fingerprint density at radius 1 is 1.00 bits per heavy atom. The van der Waals surface area contributed by atoms with Gasteiger partial charge in [-0.15, -0.1) is 0 Å². The van der Waals surface area contributed by atoms with Crippen LogP contribution in [0.4, 0.5) is 5.69 Å². The molecule has 0 aliphatic heterocycles. The number of esters is 1. The second-order valence-electron chi connectivity index (χ2n) is 5.45. The van der Waals surface area contributed by atoms with E-state index in [2.05, 4.69) is 10.6 Å². The molecule has 2 amide bonds. The van der Waals surface area contributed by atoms with E-state index in [9.17, 15) is 14.4 Å². The molecule has 130 valence electrons. The Labute approximate surface area is 146 Å². The van der Waals surface area contributed by atoms with Crippen LogP contribution in [0.15, 0.2) is 54.6 Å². The van der Waals surface area contributed by atoms with E-state index >= 15 is 0 Å².